The summed E-state index contributed by atoms with van der Waals surface area (Å²) >= 11 is 0.0833. The largest absolute Gasteiger partial charge is 0.0654 e. The van der Waals surface area contributed by atoms with Crippen LogP contribution in [-0.2, 0) is 19.2 Å². The van der Waals surface area contributed by atoms with E-state index in [1.54, 1.807) is 7.76 Å². The first-order chi connectivity index (χ1) is 7.36. The van der Waals surface area contributed by atoms with Gasteiger partial charge < -0.3 is 0 Å². The average Bonchev–Trinajstić information content (AvgIpc) is 2.92. The Morgan fingerprint density at radius 2 is 1.40 bits per heavy atom. The van der Waals surface area contributed by atoms with E-state index in [9.17, 15) is 0 Å². The Hall–Kier alpha value is -0.326. The number of hydrogen-bond acceptors (Lipinski definition) is 0. The second kappa shape index (κ2) is 7.90. The molecule has 0 atom stereocenters. The van der Waals surface area contributed by atoms with Crippen LogP contribution >= 0.6 is 0 Å². The van der Waals surface area contributed by atoms with Gasteiger partial charge in [0.25, 0.3) is 0 Å². The third-order valence-corrected chi connectivity index (χ3v) is 4.52. The van der Waals surface area contributed by atoms with Crippen LogP contribution in [0.2, 0.25) is 0 Å². The number of hydrogen-bond donors (Lipinski definition) is 0. The summed E-state index contributed by atoms with van der Waals surface area (Å²) in [4.78, 5) is 0. The van der Waals surface area contributed by atoms with E-state index in [2.05, 4.69) is 50.3 Å². The van der Waals surface area contributed by atoms with E-state index in [4.69, 9.17) is 0 Å². The van der Waals surface area contributed by atoms with E-state index >= 15 is 0 Å². The molecule has 0 bridgehead atoms. The fourth-order valence-electron chi connectivity index (χ4n) is 1.29. The molecular formula is C14H20Ti. The van der Waals surface area contributed by atoms with Crippen molar-refractivity contribution < 1.29 is 19.2 Å². The fourth-order valence-corrected chi connectivity index (χ4v) is 3.18. The van der Waals surface area contributed by atoms with Crippen LogP contribution < -0.4 is 0 Å². The molecule has 2 aliphatic carbocycles. The Labute approximate surface area is 103 Å². The van der Waals surface area contributed by atoms with Gasteiger partial charge in [-0.05, 0) is 0 Å². The second-order valence-corrected chi connectivity index (χ2v) is 6.17. The molecule has 0 amide bonds. The van der Waals surface area contributed by atoms with Crippen molar-refractivity contribution in [2.45, 2.75) is 39.5 Å². The smallest absolute Gasteiger partial charge is 0.0564 e. The van der Waals surface area contributed by atoms with E-state index in [0.717, 1.165) is 0 Å². The molecule has 15 heavy (non-hydrogen) atoms. The van der Waals surface area contributed by atoms with Gasteiger partial charge in [0, 0.05) is 0 Å². The van der Waals surface area contributed by atoms with Crippen LogP contribution in [0.25, 0.3) is 0 Å². The van der Waals surface area contributed by atoms with Gasteiger partial charge in [0.2, 0.25) is 0 Å². The first-order valence-corrected chi connectivity index (χ1v) is 7.41. The Kier molecular flexibility index (Phi) is 6.71. The van der Waals surface area contributed by atoms with Crippen LogP contribution in [0.5, 0.6) is 0 Å². The molecule has 2 rings (SSSR count). The maximum absolute atomic E-state index is 2.29. The topological polar surface area (TPSA) is 0 Å². The Morgan fingerprint density at radius 1 is 0.933 bits per heavy atom. The average molecular weight is 236 g/mol. The van der Waals surface area contributed by atoms with Crippen molar-refractivity contribution in [2.24, 2.45) is 0 Å². The molecule has 0 radical (unpaired) electrons. The van der Waals surface area contributed by atoms with Crippen molar-refractivity contribution in [1.82, 2.24) is 0 Å². The zero-order chi connectivity index (χ0) is 10.9. The predicted molar refractivity (Wildman–Crippen MR) is 64.3 cm³/mol. The van der Waals surface area contributed by atoms with Crippen LogP contribution in [-0.4, -0.2) is 0 Å². The van der Waals surface area contributed by atoms with Gasteiger partial charge in [-0.25, -0.2) is 0 Å². The summed E-state index contributed by atoms with van der Waals surface area (Å²) in [7, 11) is 0. The molecule has 0 spiro atoms. The van der Waals surface area contributed by atoms with E-state index in [0.29, 0.717) is 0 Å². The van der Waals surface area contributed by atoms with Gasteiger partial charge >= 0.3 is 76.2 Å². The fraction of sp³-hybridized carbons (Fsp3) is 0.429. The summed E-state index contributed by atoms with van der Waals surface area (Å²) in [6, 6.07) is 0. The minimum atomic E-state index is 0.0833. The number of unbranched alkanes of at least 4 members (excludes halogenated alkanes) is 1. The molecule has 0 fully saturated rings. The standard InChI is InChI=1S/2C5H5.C4H10.Ti/c2*1-2-4-5-3-1;1-3-4-2;/h2*1-3H,4H2;3-4H2,1-2H3;. The number of rotatable bonds is 3. The molecule has 80 valence electrons. The monoisotopic (exact) mass is 236 g/mol. The third kappa shape index (κ3) is 5.34. The van der Waals surface area contributed by atoms with Crippen molar-refractivity contribution in [3.05, 3.63) is 44.2 Å². The molecule has 0 N–H and O–H groups in total. The molecule has 1 heteroatoms. The minimum absolute atomic E-state index is 0.0833. The summed E-state index contributed by atoms with van der Waals surface area (Å²) < 4.78 is 3.36. The van der Waals surface area contributed by atoms with Crippen LogP contribution in [0.15, 0.2) is 44.2 Å². The van der Waals surface area contributed by atoms with Gasteiger partial charge in [-0.3, -0.25) is 0 Å². The molecule has 0 nitrogen and oxygen atoms in total. The molecule has 0 aromatic rings. The van der Waals surface area contributed by atoms with Gasteiger partial charge in [0.15, 0.2) is 0 Å². The van der Waals surface area contributed by atoms with Crippen LogP contribution in [0, 0.1) is 0 Å². The molecule has 0 heterocycles. The molecule has 0 aromatic carbocycles. The molecule has 0 aliphatic heterocycles. The summed E-state index contributed by atoms with van der Waals surface area (Å²) in [5.74, 6) is 0. The zero-order valence-electron chi connectivity index (χ0n) is 9.79. The predicted octanol–water partition coefficient (Wildman–Crippen LogP) is 4.56. The van der Waals surface area contributed by atoms with Gasteiger partial charge in [0.05, 0.1) is 0 Å². The summed E-state index contributed by atoms with van der Waals surface area (Å²) in [6.07, 6.45) is 18.5. The summed E-state index contributed by atoms with van der Waals surface area (Å²) in [5, 5.41) is 0. The Bertz CT molecular complexity index is 262. The van der Waals surface area contributed by atoms with Gasteiger partial charge in [-0.15, -0.1) is 0 Å². The Morgan fingerprint density at radius 3 is 1.67 bits per heavy atom. The van der Waals surface area contributed by atoms with Crippen LogP contribution in [0.1, 0.15) is 39.5 Å². The Balaban J connectivity index is 0.000000245. The summed E-state index contributed by atoms with van der Waals surface area (Å²) in [5.41, 5.74) is 0. The maximum Gasteiger partial charge on any atom is -0.0564 e. The first kappa shape index (κ1) is 12.7. The van der Waals surface area contributed by atoms with Crippen LogP contribution in [0.4, 0.5) is 0 Å². The van der Waals surface area contributed by atoms with Crippen molar-refractivity contribution in [3.63, 3.8) is 0 Å². The van der Waals surface area contributed by atoms with Crippen molar-refractivity contribution in [2.75, 3.05) is 0 Å². The molecule has 0 saturated carbocycles. The molecule has 0 unspecified atom stereocenters. The van der Waals surface area contributed by atoms with E-state index in [-0.39, 0.29) is 19.2 Å². The second-order valence-electron chi connectivity index (χ2n) is 3.77. The van der Waals surface area contributed by atoms with Crippen molar-refractivity contribution in [1.29, 1.82) is 0 Å². The first-order valence-electron chi connectivity index (χ1n) is 5.85. The van der Waals surface area contributed by atoms with E-state index < -0.39 is 0 Å². The minimum Gasteiger partial charge on any atom is -0.0654 e. The molecule has 2 aliphatic rings. The normalized spacial score (nSPS) is 16.9. The van der Waals surface area contributed by atoms with Crippen molar-refractivity contribution in [3.8, 4) is 0 Å². The number of allylic oxidation sites excluding steroid dienone is 8. The quantitative estimate of drug-likeness (QED) is 0.630. The van der Waals surface area contributed by atoms with E-state index in [1.165, 1.54) is 25.7 Å². The van der Waals surface area contributed by atoms with Crippen LogP contribution in [0.3, 0.4) is 0 Å². The third-order valence-electron chi connectivity index (χ3n) is 2.36. The summed E-state index contributed by atoms with van der Waals surface area (Å²) in [6.45, 7) is 4.36. The van der Waals surface area contributed by atoms with E-state index in [1.807, 2.05) is 0 Å². The maximum atomic E-state index is 2.29. The zero-order valence-corrected chi connectivity index (χ0v) is 11.4. The molecule has 0 aromatic heterocycles. The SMILES string of the molecule is C1=CC[C]([Ti][C]2=CC=CC2)=C1.CCCC. The van der Waals surface area contributed by atoms with Gasteiger partial charge in [0.1, 0.15) is 0 Å². The van der Waals surface area contributed by atoms with Gasteiger partial charge in [-0.2, -0.15) is 0 Å². The molecule has 0 saturated heterocycles. The van der Waals surface area contributed by atoms with Gasteiger partial charge in [-0.1, -0.05) is 26.7 Å². The van der Waals surface area contributed by atoms with Crippen molar-refractivity contribution >= 4 is 0 Å². The molecular weight excluding hydrogens is 216 g/mol.